The smallest absolute Gasteiger partial charge is 0.0250 e. The summed E-state index contributed by atoms with van der Waals surface area (Å²) >= 11 is 4.86. The Kier molecular flexibility index (Phi) is 3.65. The van der Waals surface area contributed by atoms with Gasteiger partial charge in [0.25, 0.3) is 0 Å². The van der Waals surface area contributed by atoms with E-state index in [2.05, 4.69) is 81.6 Å². The van der Waals surface area contributed by atoms with Crippen LogP contribution in [0.5, 0.6) is 0 Å². The Labute approximate surface area is 111 Å². The molecule has 0 radical (unpaired) electrons. The Balaban J connectivity index is 2.69. The molecule has 0 N–H and O–H groups in total. The maximum Gasteiger partial charge on any atom is 0.0250 e. The molecule has 72 valence electrons. The number of fused-ring (bicyclic) bond motifs is 1. The van der Waals surface area contributed by atoms with Crippen LogP contribution in [-0.2, 0) is 8.86 Å². The van der Waals surface area contributed by atoms with Gasteiger partial charge in [-0.3, -0.25) is 0 Å². The maximum absolute atomic E-state index is 2.43. The van der Waals surface area contributed by atoms with Crippen molar-refractivity contribution in [2.75, 3.05) is 0 Å². The van der Waals surface area contributed by atoms with Crippen molar-refractivity contribution in [3.8, 4) is 0 Å². The van der Waals surface area contributed by atoms with Gasteiger partial charge in [-0.25, -0.2) is 0 Å². The Bertz CT molecular complexity index is 407. The van der Waals surface area contributed by atoms with Gasteiger partial charge < -0.3 is 0 Å². The summed E-state index contributed by atoms with van der Waals surface area (Å²) in [6, 6.07) is 13.2. The molecular weight excluding hydrogens is 398 g/mol. The molecule has 0 fully saturated rings. The summed E-state index contributed by atoms with van der Waals surface area (Å²) in [4.78, 5) is 0. The van der Waals surface area contributed by atoms with Crippen LogP contribution in [0.4, 0.5) is 0 Å². The Morgan fingerprint density at radius 1 is 0.786 bits per heavy atom. The number of hydrogen-bond acceptors (Lipinski definition) is 0. The van der Waals surface area contributed by atoms with Crippen molar-refractivity contribution in [1.82, 2.24) is 0 Å². The Morgan fingerprint density at radius 3 is 1.57 bits per heavy atom. The fourth-order valence-corrected chi connectivity index (χ4v) is 3.00. The first-order chi connectivity index (χ1) is 6.85. The average Bonchev–Trinajstić information content (AvgIpc) is 2.27. The molecule has 0 atom stereocenters. The third kappa shape index (κ3) is 2.05. The summed E-state index contributed by atoms with van der Waals surface area (Å²) in [6.45, 7) is 0. The molecule has 0 bridgehead atoms. The monoisotopic (exact) mass is 408 g/mol. The molecule has 2 heteroatoms. The van der Waals surface area contributed by atoms with Crippen LogP contribution in [0.25, 0.3) is 10.8 Å². The zero-order chi connectivity index (χ0) is 9.97. The van der Waals surface area contributed by atoms with Crippen molar-refractivity contribution in [2.45, 2.75) is 8.86 Å². The van der Waals surface area contributed by atoms with Crippen LogP contribution in [0.15, 0.2) is 36.4 Å². The number of benzene rings is 2. The van der Waals surface area contributed by atoms with Crippen molar-refractivity contribution >= 4 is 56.0 Å². The third-order valence-electron chi connectivity index (χ3n) is 2.36. The van der Waals surface area contributed by atoms with Crippen LogP contribution in [0.3, 0.4) is 0 Å². The van der Waals surface area contributed by atoms with E-state index < -0.39 is 0 Å². The minimum Gasteiger partial charge on any atom is -0.0812 e. The minimum atomic E-state index is 1.10. The van der Waals surface area contributed by atoms with Gasteiger partial charge in [0.1, 0.15) is 0 Å². The highest BCUT2D eigenvalue weighted by molar-refractivity contribution is 14.1. The van der Waals surface area contributed by atoms with Gasteiger partial charge in [0.2, 0.25) is 0 Å². The molecule has 0 aliphatic carbocycles. The highest BCUT2D eigenvalue weighted by Crippen LogP contribution is 2.23. The summed E-state index contributed by atoms with van der Waals surface area (Å²) < 4.78 is 2.20. The summed E-state index contributed by atoms with van der Waals surface area (Å²) in [5.74, 6) is 0. The second kappa shape index (κ2) is 4.79. The van der Waals surface area contributed by atoms with E-state index >= 15 is 0 Å². The minimum absolute atomic E-state index is 1.10. The molecule has 2 rings (SSSR count). The standard InChI is InChI=1S/C12H10I2/c13-7-11-5-9-3-1-2-4-10(9)6-12(11)8-14/h1-6H,7-8H2. The third-order valence-corrected chi connectivity index (χ3v) is 4.00. The first-order valence-electron chi connectivity index (χ1n) is 4.47. The summed E-state index contributed by atoms with van der Waals surface area (Å²) in [7, 11) is 0. The molecule has 0 heterocycles. The van der Waals surface area contributed by atoms with Crippen LogP contribution in [0, 0.1) is 0 Å². The number of hydrogen-bond donors (Lipinski definition) is 0. The van der Waals surface area contributed by atoms with Gasteiger partial charge in [0.15, 0.2) is 0 Å². The average molecular weight is 408 g/mol. The highest BCUT2D eigenvalue weighted by atomic mass is 127. The lowest BCUT2D eigenvalue weighted by molar-refractivity contribution is 1.34. The summed E-state index contributed by atoms with van der Waals surface area (Å²) in [5.41, 5.74) is 2.94. The van der Waals surface area contributed by atoms with Gasteiger partial charge in [0.05, 0.1) is 0 Å². The van der Waals surface area contributed by atoms with Gasteiger partial charge in [0, 0.05) is 8.86 Å². The lowest BCUT2D eigenvalue weighted by Crippen LogP contribution is -1.88. The molecule has 2 aromatic carbocycles. The van der Waals surface area contributed by atoms with Crippen molar-refractivity contribution in [3.63, 3.8) is 0 Å². The van der Waals surface area contributed by atoms with E-state index in [0.717, 1.165) is 8.86 Å². The van der Waals surface area contributed by atoms with E-state index in [1.165, 1.54) is 21.9 Å². The molecule has 0 aliphatic rings. The molecular formula is C12H10I2. The van der Waals surface area contributed by atoms with Crippen LogP contribution in [0.2, 0.25) is 0 Å². The second-order valence-corrected chi connectivity index (χ2v) is 4.76. The largest absolute Gasteiger partial charge is 0.0812 e. The van der Waals surface area contributed by atoms with Crippen LogP contribution >= 0.6 is 45.2 Å². The molecule has 0 amide bonds. The zero-order valence-electron chi connectivity index (χ0n) is 7.63. The molecule has 0 aliphatic heterocycles. The molecule has 0 nitrogen and oxygen atoms in total. The number of rotatable bonds is 2. The topological polar surface area (TPSA) is 0 Å². The van der Waals surface area contributed by atoms with Gasteiger partial charge in [-0.05, 0) is 21.9 Å². The van der Waals surface area contributed by atoms with Crippen molar-refractivity contribution in [1.29, 1.82) is 0 Å². The molecule has 2 aromatic rings. The first-order valence-corrected chi connectivity index (χ1v) is 7.52. The summed E-state index contributed by atoms with van der Waals surface area (Å²) in [6.07, 6.45) is 0. The van der Waals surface area contributed by atoms with Crippen LogP contribution in [0.1, 0.15) is 11.1 Å². The molecule has 14 heavy (non-hydrogen) atoms. The quantitative estimate of drug-likeness (QED) is 0.499. The second-order valence-electron chi connectivity index (χ2n) is 3.24. The normalized spacial score (nSPS) is 10.7. The van der Waals surface area contributed by atoms with E-state index in [1.54, 1.807) is 0 Å². The fraction of sp³-hybridized carbons (Fsp3) is 0.167. The van der Waals surface area contributed by atoms with E-state index in [9.17, 15) is 0 Å². The van der Waals surface area contributed by atoms with Gasteiger partial charge in [-0.2, -0.15) is 0 Å². The molecule has 0 aromatic heterocycles. The molecule has 0 spiro atoms. The van der Waals surface area contributed by atoms with E-state index in [0.29, 0.717) is 0 Å². The van der Waals surface area contributed by atoms with Crippen LogP contribution in [-0.4, -0.2) is 0 Å². The number of halogens is 2. The van der Waals surface area contributed by atoms with E-state index in [1.807, 2.05) is 0 Å². The zero-order valence-corrected chi connectivity index (χ0v) is 11.9. The Morgan fingerprint density at radius 2 is 1.21 bits per heavy atom. The van der Waals surface area contributed by atoms with E-state index in [-0.39, 0.29) is 0 Å². The molecule has 0 unspecified atom stereocenters. The SMILES string of the molecule is ICc1cc2ccccc2cc1CI. The van der Waals surface area contributed by atoms with Gasteiger partial charge in [-0.1, -0.05) is 81.6 Å². The molecule has 0 saturated carbocycles. The van der Waals surface area contributed by atoms with Crippen LogP contribution < -0.4 is 0 Å². The van der Waals surface area contributed by atoms with Gasteiger partial charge >= 0.3 is 0 Å². The predicted molar refractivity (Wildman–Crippen MR) is 79.4 cm³/mol. The van der Waals surface area contributed by atoms with Crippen molar-refractivity contribution < 1.29 is 0 Å². The highest BCUT2D eigenvalue weighted by Gasteiger charge is 2.02. The van der Waals surface area contributed by atoms with Crippen molar-refractivity contribution in [2.24, 2.45) is 0 Å². The van der Waals surface area contributed by atoms with E-state index in [4.69, 9.17) is 0 Å². The fourth-order valence-electron chi connectivity index (χ4n) is 1.58. The molecule has 0 saturated heterocycles. The van der Waals surface area contributed by atoms with Crippen molar-refractivity contribution in [3.05, 3.63) is 47.5 Å². The predicted octanol–water partition coefficient (Wildman–Crippen LogP) is 4.71. The maximum atomic E-state index is 2.43. The van der Waals surface area contributed by atoms with Gasteiger partial charge in [-0.15, -0.1) is 0 Å². The Hall–Kier alpha value is 0.160. The lowest BCUT2D eigenvalue weighted by Gasteiger charge is -2.06. The number of alkyl halides is 2. The summed E-state index contributed by atoms with van der Waals surface area (Å²) in [5, 5.41) is 2.71. The lowest BCUT2D eigenvalue weighted by atomic mass is 10.0. The first kappa shape index (κ1) is 10.7.